The number of nitrogens with one attached hydrogen (secondary N) is 2. The van der Waals surface area contributed by atoms with Crippen molar-refractivity contribution < 1.29 is 29.0 Å². The number of hydrogen-bond acceptors (Lipinski definition) is 5. The largest absolute Gasteiger partial charge is 0.480 e. The Morgan fingerprint density at radius 2 is 1.64 bits per heavy atom. The Morgan fingerprint density at radius 1 is 1.07 bits per heavy atom. The van der Waals surface area contributed by atoms with Gasteiger partial charge in [-0.15, -0.1) is 0 Å². The van der Waals surface area contributed by atoms with Crippen LogP contribution >= 0.6 is 0 Å². The van der Waals surface area contributed by atoms with Gasteiger partial charge in [0, 0.05) is 0 Å². The summed E-state index contributed by atoms with van der Waals surface area (Å²) in [5, 5.41) is 14.4. The van der Waals surface area contributed by atoms with Gasteiger partial charge in [0.25, 0.3) is 0 Å². The van der Waals surface area contributed by atoms with Crippen molar-refractivity contribution in [3.8, 4) is 0 Å². The molecule has 0 radical (unpaired) electrons. The van der Waals surface area contributed by atoms with Crippen LogP contribution in [0.5, 0.6) is 0 Å². The van der Waals surface area contributed by atoms with E-state index in [0.29, 0.717) is 0 Å². The number of aliphatic carboxylic acids is 1. The van der Waals surface area contributed by atoms with E-state index in [-0.39, 0.29) is 6.61 Å². The van der Waals surface area contributed by atoms with E-state index in [1.54, 1.807) is 27.7 Å². The second kappa shape index (κ2) is 9.54. The van der Waals surface area contributed by atoms with Gasteiger partial charge in [-0.05, 0) is 47.1 Å². The molecule has 0 spiro atoms. The van der Waals surface area contributed by atoms with Crippen LogP contribution in [0.15, 0.2) is 30.3 Å². The van der Waals surface area contributed by atoms with Crippen molar-refractivity contribution in [2.75, 3.05) is 0 Å². The van der Waals surface area contributed by atoms with Crippen LogP contribution in [0.2, 0.25) is 0 Å². The third-order valence-corrected chi connectivity index (χ3v) is 3.76. The minimum atomic E-state index is -1.38. The van der Waals surface area contributed by atoms with E-state index < -0.39 is 41.3 Å². The van der Waals surface area contributed by atoms with Gasteiger partial charge < -0.3 is 25.2 Å². The quantitative estimate of drug-likeness (QED) is 0.624. The zero-order chi connectivity index (χ0) is 21.5. The number of benzene rings is 1. The van der Waals surface area contributed by atoms with E-state index in [9.17, 15) is 19.5 Å². The van der Waals surface area contributed by atoms with Crippen LogP contribution in [0, 0.1) is 0 Å². The summed E-state index contributed by atoms with van der Waals surface area (Å²) in [6.45, 7) is 9.79. The fourth-order valence-corrected chi connectivity index (χ4v) is 2.22. The Balaban J connectivity index is 2.71. The van der Waals surface area contributed by atoms with Crippen LogP contribution in [-0.4, -0.2) is 46.4 Å². The third kappa shape index (κ3) is 7.96. The molecule has 0 aromatic heterocycles. The summed E-state index contributed by atoms with van der Waals surface area (Å²) in [5.41, 5.74) is -1.22. The molecule has 0 saturated carbocycles. The lowest BCUT2D eigenvalue weighted by Gasteiger charge is -2.30. The average molecular weight is 394 g/mol. The molecule has 2 atom stereocenters. The Bertz CT molecular complexity index is 682. The summed E-state index contributed by atoms with van der Waals surface area (Å²) in [4.78, 5) is 36.1. The lowest BCUT2D eigenvalue weighted by atomic mass is 10.0. The molecule has 2 amide bonds. The Morgan fingerprint density at radius 3 is 2.14 bits per heavy atom. The molecular weight excluding hydrogens is 364 g/mol. The topological polar surface area (TPSA) is 114 Å². The van der Waals surface area contributed by atoms with E-state index in [1.807, 2.05) is 30.3 Å². The van der Waals surface area contributed by atoms with Crippen molar-refractivity contribution in [2.24, 2.45) is 0 Å². The second-order valence-electron chi connectivity index (χ2n) is 8.04. The maximum absolute atomic E-state index is 12.6. The molecule has 0 aliphatic rings. The molecule has 0 heterocycles. The first-order chi connectivity index (χ1) is 12.8. The fraction of sp³-hybridized carbons (Fsp3) is 0.550. The van der Waals surface area contributed by atoms with Crippen molar-refractivity contribution in [3.05, 3.63) is 35.9 Å². The molecule has 1 rings (SSSR count). The van der Waals surface area contributed by atoms with Crippen molar-refractivity contribution in [2.45, 2.75) is 71.4 Å². The molecule has 0 bridgehead atoms. The molecule has 0 fully saturated rings. The van der Waals surface area contributed by atoms with E-state index in [0.717, 1.165) is 5.56 Å². The molecule has 1 aromatic carbocycles. The minimum absolute atomic E-state index is 0.210. The number of alkyl carbamates (subject to hydrolysis) is 1. The van der Waals surface area contributed by atoms with Gasteiger partial charge in [0.2, 0.25) is 5.91 Å². The highest BCUT2D eigenvalue weighted by Crippen LogP contribution is 2.11. The Hall–Kier alpha value is -2.61. The number of amides is 2. The first-order valence-electron chi connectivity index (χ1n) is 9.02. The van der Waals surface area contributed by atoms with Crippen LogP contribution < -0.4 is 10.6 Å². The highest BCUT2D eigenvalue weighted by atomic mass is 16.6. The van der Waals surface area contributed by atoms with Gasteiger partial charge in [-0.25, -0.2) is 9.59 Å². The summed E-state index contributed by atoms with van der Waals surface area (Å²) in [7, 11) is 0. The third-order valence-electron chi connectivity index (χ3n) is 3.76. The molecule has 1 aromatic rings. The predicted molar refractivity (Wildman–Crippen MR) is 104 cm³/mol. The van der Waals surface area contributed by atoms with Crippen LogP contribution in [0.4, 0.5) is 4.79 Å². The second-order valence-corrected chi connectivity index (χ2v) is 8.04. The maximum Gasteiger partial charge on any atom is 0.408 e. The normalized spacial score (nSPS) is 13.9. The SMILES string of the molecule is C[C@H](OCc1ccccc1)[C@@H](NC(=O)C(C)(C)NC(=O)OC(C)(C)C)C(=O)O. The van der Waals surface area contributed by atoms with Crippen LogP contribution in [0.25, 0.3) is 0 Å². The molecule has 156 valence electrons. The number of carboxylic acids is 1. The van der Waals surface area contributed by atoms with Crippen molar-refractivity contribution >= 4 is 18.0 Å². The number of rotatable bonds is 8. The van der Waals surface area contributed by atoms with Gasteiger partial charge >= 0.3 is 12.1 Å². The molecule has 0 aliphatic heterocycles. The zero-order valence-corrected chi connectivity index (χ0v) is 17.2. The summed E-state index contributed by atoms with van der Waals surface area (Å²) in [6.07, 6.45) is -1.56. The number of carboxylic acid groups (broad SMARTS) is 1. The van der Waals surface area contributed by atoms with Crippen molar-refractivity contribution in [3.63, 3.8) is 0 Å². The van der Waals surface area contributed by atoms with Gasteiger partial charge in [-0.1, -0.05) is 30.3 Å². The van der Waals surface area contributed by atoms with Crippen molar-refractivity contribution in [1.82, 2.24) is 10.6 Å². The van der Waals surface area contributed by atoms with E-state index in [2.05, 4.69) is 10.6 Å². The Kier molecular flexibility index (Phi) is 7.99. The highest BCUT2D eigenvalue weighted by molar-refractivity contribution is 5.92. The predicted octanol–water partition coefficient (Wildman–Crippen LogP) is 2.46. The lowest BCUT2D eigenvalue weighted by Crippen LogP contribution is -2.60. The zero-order valence-electron chi connectivity index (χ0n) is 17.2. The van der Waals surface area contributed by atoms with Gasteiger partial charge in [-0.2, -0.15) is 0 Å². The van der Waals surface area contributed by atoms with Gasteiger partial charge in [0.1, 0.15) is 11.1 Å². The molecular formula is C20H30N2O6. The molecule has 0 unspecified atom stereocenters. The minimum Gasteiger partial charge on any atom is -0.480 e. The molecule has 0 saturated heterocycles. The molecule has 8 heteroatoms. The maximum atomic E-state index is 12.6. The highest BCUT2D eigenvalue weighted by Gasteiger charge is 2.36. The summed E-state index contributed by atoms with van der Waals surface area (Å²) in [6, 6.07) is 8.00. The van der Waals surface area contributed by atoms with E-state index in [4.69, 9.17) is 9.47 Å². The molecule has 8 nitrogen and oxygen atoms in total. The molecule has 28 heavy (non-hydrogen) atoms. The molecule has 3 N–H and O–H groups in total. The van der Waals surface area contributed by atoms with Crippen LogP contribution in [0.3, 0.4) is 0 Å². The van der Waals surface area contributed by atoms with E-state index in [1.165, 1.54) is 13.8 Å². The van der Waals surface area contributed by atoms with Gasteiger partial charge in [0.15, 0.2) is 6.04 Å². The van der Waals surface area contributed by atoms with Crippen molar-refractivity contribution in [1.29, 1.82) is 0 Å². The lowest BCUT2D eigenvalue weighted by molar-refractivity contribution is -0.147. The van der Waals surface area contributed by atoms with E-state index >= 15 is 0 Å². The Labute approximate surface area is 165 Å². The number of ether oxygens (including phenoxy) is 2. The first kappa shape index (κ1) is 23.4. The van der Waals surface area contributed by atoms with Gasteiger partial charge in [0.05, 0.1) is 12.7 Å². The number of hydrogen-bond donors (Lipinski definition) is 3. The number of carbonyl (C=O) groups is 3. The fourth-order valence-electron chi connectivity index (χ4n) is 2.22. The summed E-state index contributed by atoms with van der Waals surface area (Å²) < 4.78 is 10.7. The molecule has 0 aliphatic carbocycles. The first-order valence-corrected chi connectivity index (χ1v) is 9.02. The van der Waals surface area contributed by atoms with Gasteiger partial charge in [-0.3, -0.25) is 4.79 Å². The monoisotopic (exact) mass is 394 g/mol. The smallest absolute Gasteiger partial charge is 0.408 e. The van der Waals surface area contributed by atoms with Crippen LogP contribution in [-0.2, 0) is 25.7 Å². The average Bonchev–Trinajstić information content (AvgIpc) is 2.55. The summed E-state index contributed by atoms with van der Waals surface area (Å²) >= 11 is 0. The standard InChI is InChI=1S/C20H30N2O6/c1-13(27-12-14-10-8-7-9-11-14)15(16(23)24)21-17(25)20(5,6)22-18(26)28-19(2,3)4/h7-11,13,15H,12H2,1-6H3,(H,21,25)(H,22,26)(H,23,24)/t13-,15+/m0/s1. The van der Waals surface area contributed by atoms with Crippen LogP contribution in [0.1, 0.15) is 47.1 Å². The number of carbonyl (C=O) groups excluding carboxylic acids is 2. The summed E-state index contributed by atoms with van der Waals surface area (Å²) in [5.74, 6) is -1.90.